The van der Waals surface area contributed by atoms with Crippen LogP contribution >= 0.6 is 24.0 Å². The van der Waals surface area contributed by atoms with E-state index in [-0.39, 0.29) is 35.9 Å². The molecule has 0 bridgehead atoms. The Hall–Kier alpha value is -1.65. The van der Waals surface area contributed by atoms with Gasteiger partial charge in [-0.15, -0.1) is 0 Å². The Labute approximate surface area is 161 Å². The quantitative estimate of drug-likeness (QED) is 0.533. The van der Waals surface area contributed by atoms with E-state index in [2.05, 4.69) is 0 Å². The van der Waals surface area contributed by atoms with Gasteiger partial charge in [0.15, 0.2) is 9.84 Å². The van der Waals surface area contributed by atoms with Crippen LogP contribution in [-0.4, -0.2) is 65.0 Å². The molecule has 2 saturated heterocycles. The number of rotatable bonds is 5. The maximum absolute atomic E-state index is 12.7. The first-order valence-corrected chi connectivity index (χ1v) is 11.1. The van der Waals surface area contributed by atoms with Crippen molar-refractivity contribution in [1.82, 2.24) is 9.80 Å². The van der Waals surface area contributed by atoms with Gasteiger partial charge in [-0.1, -0.05) is 24.0 Å². The van der Waals surface area contributed by atoms with Gasteiger partial charge in [0.2, 0.25) is 5.91 Å². The van der Waals surface area contributed by atoms with Crippen LogP contribution in [0.15, 0.2) is 27.7 Å². The van der Waals surface area contributed by atoms with Crippen LogP contribution in [0.2, 0.25) is 0 Å². The Morgan fingerprint density at radius 3 is 2.88 bits per heavy atom. The Kier molecular flexibility index (Phi) is 5.54. The van der Waals surface area contributed by atoms with Crippen LogP contribution in [0, 0.1) is 0 Å². The minimum Gasteiger partial charge on any atom is -0.465 e. The summed E-state index contributed by atoms with van der Waals surface area (Å²) in [7, 11) is -3.09. The molecule has 0 aromatic carbocycles. The average Bonchev–Trinajstić information content (AvgIpc) is 3.26. The molecular formula is C16H18N2O5S3. The van der Waals surface area contributed by atoms with Crippen molar-refractivity contribution in [2.45, 2.75) is 19.4 Å². The number of carbonyl (C=O) groups excluding carboxylic acids is 2. The highest BCUT2D eigenvalue weighted by atomic mass is 32.2. The summed E-state index contributed by atoms with van der Waals surface area (Å²) in [6.07, 6.45) is 3.52. The normalized spacial score (nSPS) is 23.8. The number of amides is 2. The Balaban J connectivity index is 1.70. The number of furan rings is 1. The number of thioether (sulfide) groups is 1. The van der Waals surface area contributed by atoms with E-state index >= 15 is 0 Å². The van der Waals surface area contributed by atoms with Gasteiger partial charge in [-0.05, 0) is 25.5 Å². The summed E-state index contributed by atoms with van der Waals surface area (Å²) < 4.78 is 28.9. The zero-order valence-electron chi connectivity index (χ0n) is 14.1. The van der Waals surface area contributed by atoms with Gasteiger partial charge in [-0.2, -0.15) is 0 Å². The van der Waals surface area contributed by atoms with Gasteiger partial charge in [0.25, 0.3) is 5.91 Å². The van der Waals surface area contributed by atoms with Crippen LogP contribution in [0.25, 0.3) is 6.08 Å². The zero-order chi connectivity index (χ0) is 18.9. The predicted molar refractivity (Wildman–Crippen MR) is 103 cm³/mol. The van der Waals surface area contributed by atoms with Crippen LogP contribution in [0.3, 0.4) is 0 Å². The van der Waals surface area contributed by atoms with Crippen LogP contribution in [0.4, 0.5) is 0 Å². The van der Waals surface area contributed by atoms with Gasteiger partial charge in [0.05, 0.1) is 22.7 Å². The van der Waals surface area contributed by atoms with E-state index in [9.17, 15) is 18.0 Å². The van der Waals surface area contributed by atoms with Crippen molar-refractivity contribution in [2.24, 2.45) is 0 Å². The molecule has 1 aromatic rings. The summed E-state index contributed by atoms with van der Waals surface area (Å²) in [4.78, 5) is 28.4. The first kappa shape index (κ1) is 19.1. The first-order chi connectivity index (χ1) is 12.3. The molecule has 7 nitrogen and oxygen atoms in total. The molecule has 1 atom stereocenters. The number of sulfone groups is 1. The second kappa shape index (κ2) is 7.53. The van der Waals surface area contributed by atoms with Crippen molar-refractivity contribution in [3.05, 3.63) is 29.1 Å². The second-order valence-electron chi connectivity index (χ2n) is 6.02. The van der Waals surface area contributed by atoms with E-state index in [1.807, 2.05) is 0 Å². The minimum absolute atomic E-state index is 0.0244. The number of nitrogens with zero attached hydrogens (tertiary/aromatic N) is 2. The topological polar surface area (TPSA) is 87.9 Å². The van der Waals surface area contributed by atoms with Crippen LogP contribution in [-0.2, 0) is 19.4 Å². The van der Waals surface area contributed by atoms with Crippen molar-refractivity contribution in [2.75, 3.05) is 24.6 Å². The smallest absolute Gasteiger partial charge is 0.266 e. The minimum atomic E-state index is -3.09. The third kappa shape index (κ3) is 4.02. The van der Waals surface area contributed by atoms with E-state index in [0.717, 1.165) is 11.8 Å². The van der Waals surface area contributed by atoms with Gasteiger partial charge >= 0.3 is 0 Å². The van der Waals surface area contributed by atoms with Crippen LogP contribution in [0.5, 0.6) is 0 Å². The number of likely N-dealkylation sites (N-methyl/N-ethyl adjacent to an activating group) is 1. The van der Waals surface area contributed by atoms with E-state index < -0.39 is 9.84 Å². The lowest BCUT2D eigenvalue weighted by atomic mass is 10.2. The SMILES string of the molecule is CCN(C(=O)CN1C(=O)/C(=C\c2ccco2)SC1=S)[C@H]1CCS(=O)(=O)C1. The number of thiocarbonyl (C=S) groups is 1. The van der Waals surface area contributed by atoms with Gasteiger partial charge in [0.1, 0.15) is 16.6 Å². The predicted octanol–water partition coefficient (Wildman–Crippen LogP) is 1.52. The summed E-state index contributed by atoms with van der Waals surface area (Å²) in [5.41, 5.74) is 0. The Morgan fingerprint density at radius 2 is 2.31 bits per heavy atom. The van der Waals surface area contributed by atoms with Crippen LogP contribution in [0.1, 0.15) is 19.1 Å². The standard InChI is InChI=1S/C16H18N2O5S3/c1-2-17(11-5-7-26(21,22)10-11)14(19)9-18-15(20)13(25-16(18)24)8-12-4-3-6-23-12/h3-4,6,8,11H,2,5,7,9-10H2,1H3/b13-8+/t11-/m0/s1. The first-order valence-electron chi connectivity index (χ1n) is 8.09. The molecule has 0 radical (unpaired) electrons. The maximum atomic E-state index is 12.7. The highest BCUT2D eigenvalue weighted by Gasteiger charge is 2.38. The molecule has 10 heteroatoms. The molecule has 0 unspecified atom stereocenters. The summed E-state index contributed by atoms with van der Waals surface area (Å²) in [5, 5.41) is 0. The molecule has 0 N–H and O–H groups in total. The lowest BCUT2D eigenvalue weighted by Gasteiger charge is -2.28. The molecule has 0 spiro atoms. The Bertz CT molecular complexity index is 860. The largest absolute Gasteiger partial charge is 0.465 e. The second-order valence-corrected chi connectivity index (χ2v) is 9.92. The van der Waals surface area contributed by atoms with E-state index in [1.54, 1.807) is 25.1 Å². The molecule has 0 saturated carbocycles. The fraction of sp³-hybridized carbons (Fsp3) is 0.438. The molecule has 3 heterocycles. The third-order valence-electron chi connectivity index (χ3n) is 4.29. The molecule has 2 aliphatic rings. The molecule has 140 valence electrons. The summed E-state index contributed by atoms with van der Waals surface area (Å²) in [6, 6.07) is 3.09. The molecule has 3 rings (SSSR count). The van der Waals surface area contributed by atoms with Crippen LogP contribution < -0.4 is 0 Å². The van der Waals surface area contributed by atoms with Crippen molar-refractivity contribution in [1.29, 1.82) is 0 Å². The third-order valence-corrected chi connectivity index (χ3v) is 7.42. The fourth-order valence-corrected chi connectivity index (χ4v) is 5.99. The molecule has 2 fully saturated rings. The lowest BCUT2D eigenvalue weighted by Crippen LogP contribution is -2.47. The highest BCUT2D eigenvalue weighted by molar-refractivity contribution is 8.26. The average molecular weight is 415 g/mol. The van der Waals surface area contributed by atoms with Gasteiger partial charge < -0.3 is 9.32 Å². The highest BCUT2D eigenvalue weighted by Crippen LogP contribution is 2.32. The summed E-state index contributed by atoms with van der Waals surface area (Å²) in [5.74, 6) is -0.0502. The molecule has 2 aliphatic heterocycles. The van der Waals surface area contributed by atoms with Crippen molar-refractivity contribution in [3.8, 4) is 0 Å². The summed E-state index contributed by atoms with van der Waals surface area (Å²) >= 11 is 6.35. The van der Waals surface area contributed by atoms with Gasteiger partial charge in [0, 0.05) is 18.7 Å². The number of hydrogen-bond acceptors (Lipinski definition) is 7. The van der Waals surface area contributed by atoms with E-state index in [0.29, 0.717) is 28.0 Å². The van der Waals surface area contributed by atoms with E-state index in [4.69, 9.17) is 16.6 Å². The molecule has 1 aromatic heterocycles. The zero-order valence-corrected chi connectivity index (χ0v) is 16.5. The van der Waals surface area contributed by atoms with Crippen molar-refractivity contribution in [3.63, 3.8) is 0 Å². The van der Waals surface area contributed by atoms with Gasteiger partial charge in [-0.25, -0.2) is 8.42 Å². The van der Waals surface area contributed by atoms with Gasteiger partial charge in [-0.3, -0.25) is 14.5 Å². The van der Waals surface area contributed by atoms with Crippen molar-refractivity contribution < 1.29 is 22.4 Å². The fourth-order valence-electron chi connectivity index (χ4n) is 3.02. The molecular weight excluding hydrogens is 396 g/mol. The number of hydrogen-bond donors (Lipinski definition) is 0. The monoisotopic (exact) mass is 414 g/mol. The molecule has 2 amide bonds. The molecule has 26 heavy (non-hydrogen) atoms. The van der Waals surface area contributed by atoms with E-state index in [1.165, 1.54) is 16.1 Å². The number of carbonyl (C=O) groups is 2. The Morgan fingerprint density at radius 1 is 1.54 bits per heavy atom. The lowest BCUT2D eigenvalue weighted by molar-refractivity contribution is -0.136. The summed E-state index contributed by atoms with van der Waals surface area (Å²) in [6.45, 7) is 1.99. The van der Waals surface area contributed by atoms with Crippen molar-refractivity contribution >= 4 is 56.0 Å². The molecule has 0 aliphatic carbocycles. The maximum Gasteiger partial charge on any atom is 0.266 e.